The van der Waals surface area contributed by atoms with Gasteiger partial charge >= 0.3 is 5.97 Å². The lowest BCUT2D eigenvalue weighted by molar-refractivity contribution is -0.145. The van der Waals surface area contributed by atoms with Crippen LogP contribution < -0.4 is 0 Å². The lowest BCUT2D eigenvalue weighted by atomic mass is 10.1. The van der Waals surface area contributed by atoms with Crippen LogP contribution in [0.2, 0.25) is 5.02 Å². The minimum absolute atomic E-state index is 0.0560. The molecule has 0 aliphatic heterocycles. The van der Waals surface area contributed by atoms with E-state index in [0.717, 1.165) is 12.1 Å². The van der Waals surface area contributed by atoms with Gasteiger partial charge in [0.2, 0.25) is 5.82 Å². The second kappa shape index (κ2) is 9.05. The molecule has 10 heteroatoms. The molecular formula is C21H14ClF2N3O4. The van der Waals surface area contributed by atoms with E-state index in [1.165, 1.54) is 12.3 Å². The summed E-state index contributed by atoms with van der Waals surface area (Å²) in [6, 6.07) is 10.4. The number of halogens is 3. The second-order valence-corrected chi connectivity index (χ2v) is 6.83. The molecule has 0 aliphatic rings. The van der Waals surface area contributed by atoms with Crippen molar-refractivity contribution in [1.29, 1.82) is 0 Å². The Kier molecular flexibility index (Phi) is 6.03. The largest absolute Gasteiger partial charge is 0.456 e. The summed E-state index contributed by atoms with van der Waals surface area (Å²) in [7, 11) is 0. The molecule has 0 spiro atoms. The van der Waals surface area contributed by atoms with Gasteiger partial charge in [-0.25, -0.2) is 13.8 Å². The van der Waals surface area contributed by atoms with Crippen LogP contribution in [0.15, 0.2) is 57.6 Å². The summed E-state index contributed by atoms with van der Waals surface area (Å²) in [5.41, 5.74) is 0.397. The van der Waals surface area contributed by atoms with E-state index in [-0.39, 0.29) is 42.6 Å². The number of ether oxygens (including phenoxy) is 1. The number of esters is 1. The predicted octanol–water partition coefficient (Wildman–Crippen LogP) is 5.00. The van der Waals surface area contributed by atoms with Gasteiger partial charge in [0.15, 0.2) is 18.3 Å². The second-order valence-electron chi connectivity index (χ2n) is 6.39. The van der Waals surface area contributed by atoms with Crippen molar-refractivity contribution in [2.75, 3.05) is 0 Å². The normalized spacial score (nSPS) is 10.9. The van der Waals surface area contributed by atoms with Gasteiger partial charge in [-0.05, 0) is 36.4 Å². The third-order valence-electron chi connectivity index (χ3n) is 4.23. The molecule has 0 amide bonds. The fourth-order valence-corrected chi connectivity index (χ4v) is 2.85. The maximum absolute atomic E-state index is 13.8. The van der Waals surface area contributed by atoms with Crippen LogP contribution in [-0.2, 0) is 22.6 Å². The van der Waals surface area contributed by atoms with Gasteiger partial charge in [-0.1, -0.05) is 22.8 Å². The van der Waals surface area contributed by atoms with E-state index in [1.54, 1.807) is 24.3 Å². The number of rotatable bonds is 7. The number of hydrogen-bond donors (Lipinski definition) is 0. The van der Waals surface area contributed by atoms with Crippen LogP contribution in [0.5, 0.6) is 0 Å². The molecule has 2 aromatic heterocycles. The number of benzene rings is 2. The maximum Gasteiger partial charge on any atom is 0.306 e. The average molecular weight is 446 g/mol. The Hall–Kier alpha value is -3.59. The first kappa shape index (κ1) is 20.7. The van der Waals surface area contributed by atoms with Crippen LogP contribution in [0.3, 0.4) is 0 Å². The first-order chi connectivity index (χ1) is 15.0. The van der Waals surface area contributed by atoms with Gasteiger partial charge in [0.05, 0.1) is 18.2 Å². The average Bonchev–Trinajstić information content (AvgIpc) is 3.41. The molecule has 4 rings (SSSR count). The monoisotopic (exact) mass is 445 g/mol. The number of aromatic nitrogens is 3. The molecule has 0 N–H and O–H groups in total. The lowest BCUT2D eigenvalue weighted by Crippen LogP contribution is -2.06. The van der Waals surface area contributed by atoms with E-state index in [1.807, 2.05) is 0 Å². The molecule has 0 fully saturated rings. The highest BCUT2D eigenvalue weighted by Crippen LogP contribution is 2.27. The van der Waals surface area contributed by atoms with Gasteiger partial charge in [-0.2, -0.15) is 4.98 Å². The number of aryl methyl sites for hydroxylation is 1. The van der Waals surface area contributed by atoms with E-state index in [2.05, 4.69) is 15.1 Å². The van der Waals surface area contributed by atoms with Gasteiger partial charge in [0.25, 0.3) is 5.89 Å². The number of nitrogens with zero attached hydrogens (tertiary/aromatic N) is 3. The Morgan fingerprint density at radius 2 is 1.81 bits per heavy atom. The standard InChI is InChI=1S/C21H14ClF2N3O4/c22-13-6-4-12(5-7-13)21-26-18(31-27-21)11-29-19(28)9-8-17-25-10-16(30-17)20-14(23)2-1-3-15(20)24/h1-7,10H,8-9,11H2. The van der Waals surface area contributed by atoms with E-state index >= 15 is 0 Å². The number of carbonyl (C=O) groups excluding carboxylic acids is 1. The van der Waals surface area contributed by atoms with Crippen molar-refractivity contribution in [3.63, 3.8) is 0 Å². The van der Waals surface area contributed by atoms with E-state index in [9.17, 15) is 13.6 Å². The van der Waals surface area contributed by atoms with Crippen molar-refractivity contribution in [1.82, 2.24) is 15.1 Å². The van der Waals surface area contributed by atoms with Gasteiger partial charge in [-0.15, -0.1) is 0 Å². The van der Waals surface area contributed by atoms with Crippen molar-refractivity contribution < 1.29 is 27.3 Å². The number of hydrogen-bond acceptors (Lipinski definition) is 7. The molecule has 2 aromatic carbocycles. The zero-order chi connectivity index (χ0) is 21.8. The summed E-state index contributed by atoms with van der Waals surface area (Å²) in [6.45, 7) is -0.198. The molecule has 4 aromatic rings. The van der Waals surface area contributed by atoms with Crippen LogP contribution in [-0.4, -0.2) is 21.1 Å². The predicted molar refractivity (Wildman–Crippen MR) is 105 cm³/mol. The summed E-state index contributed by atoms with van der Waals surface area (Å²) in [5.74, 6) is -1.51. The SMILES string of the molecule is O=C(CCc1ncc(-c2c(F)cccc2F)o1)OCc1nc(-c2ccc(Cl)cc2)no1. The highest BCUT2D eigenvalue weighted by Gasteiger charge is 2.17. The van der Waals surface area contributed by atoms with Gasteiger partial charge in [0, 0.05) is 17.0 Å². The fraction of sp³-hybridized carbons (Fsp3) is 0.143. The quantitative estimate of drug-likeness (QED) is 0.370. The topological polar surface area (TPSA) is 91.2 Å². The lowest BCUT2D eigenvalue weighted by Gasteiger charge is -2.01. The summed E-state index contributed by atoms with van der Waals surface area (Å²) in [6.07, 6.45) is 1.24. The molecule has 0 saturated heterocycles. The fourth-order valence-electron chi connectivity index (χ4n) is 2.73. The summed E-state index contributed by atoms with van der Waals surface area (Å²) < 4.78 is 43.2. The summed E-state index contributed by atoms with van der Waals surface area (Å²) >= 11 is 5.84. The molecule has 0 saturated carbocycles. The molecule has 158 valence electrons. The molecular weight excluding hydrogens is 432 g/mol. The molecule has 31 heavy (non-hydrogen) atoms. The van der Waals surface area contributed by atoms with Gasteiger partial charge < -0.3 is 13.7 Å². The van der Waals surface area contributed by atoms with Crippen LogP contribution in [0.4, 0.5) is 8.78 Å². The molecule has 7 nitrogen and oxygen atoms in total. The van der Waals surface area contributed by atoms with Crippen molar-refractivity contribution >= 4 is 17.6 Å². The van der Waals surface area contributed by atoms with E-state index < -0.39 is 17.6 Å². The van der Waals surface area contributed by atoms with Crippen molar-refractivity contribution in [2.24, 2.45) is 0 Å². The molecule has 2 heterocycles. The third kappa shape index (κ3) is 4.95. The molecule has 0 unspecified atom stereocenters. The first-order valence-electron chi connectivity index (χ1n) is 9.13. The van der Waals surface area contributed by atoms with E-state index in [0.29, 0.717) is 16.4 Å². The molecule has 0 radical (unpaired) electrons. The van der Waals surface area contributed by atoms with Gasteiger partial charge in [0.1, 0.15) is 11.6 Å². The Morgan fingerprint density at radius 1 is 1.06 bits per heavy atom. The van der Waals surface area contributed by atoms with Crippen molar-refractivity contribution in [2.45, 2.75) is 19.4 Å². The zero-order valence-electron chi connectivity index (χ0n) is 15.8. The highest BCUT2D eigenvalue weighted by atomic mass is 35.5. The smallest absolute Gasteiger partial charge is 0.306 e. The van der Waals surface area contributed by atoms with Crippen molar-refractivity contribution in [3.8, 4) is 22.7 Å². The Balaban J connectivity index is 1.29. The number of carbonyl (C=O) groups is 1. The van der Waals surface area contributed by atoms with Crippen LogP contribution >= 0.6 is 11.6 Å². The Morgan fingerprint density at radius 3 is 2.55 bits per heavy atom. The summed E-state index contributed by atoms with van der Waals surface area (Å²) in [5, 5.41) is 4.41. The molecule has 0 aliphatic carbocycles. The minimum atomic E-state index is -0.764. The van der Waals surface area contributed by atoms with Crippen molar-refractivity contribution in [3.05, 3.63) is 77.1 Å². The minimum Gasteiger partial charge on any atom is -0.456 e. The maximum atomic E-state index is 13.8. The van der Waals surface area contributed by atoms with Crippen LogP contribution in [0, 0.1) is 11.6 Å². The molecule has 0 bridgehead atoms. The summed E-state index contributed by atoms with van der Waals surface area (Å²) in [4.78, 5) is 20.1. The van der Waals surface area contributed by atoms with Crippen LogP contribution in [0.25, 0.3) is 22.7 Å². The Bertz CT molecular complexity index is 1190. The first-order valence-corrected chi connectivity index (χ1v) is 9.50. The zero-order valence-corrected chi connectivity index (χ0v) is 16.6. The number of oxazole rings is 1. The Labute approximate surface area is 179 Å². The third-order valence-corrected chi connectivity index (χ3v) is 4.48. The highest BCUT2D eigenvalue weighted by molar-refractivity contribution is 6.30. The molecule has 0 atom stereocenters. The van der Waals surface area contributed by atoms with E-state index in [4.69, 9.17) is 25.3 Å². The van der Waals surface area contributed by atoms with Crippen LogP contribution in [0.1, 0.15) is 18.2 Å². The van der Waals surface area contributed by atoms with Gasteiger partial charge in [-0.3, -0.25) is 4.79 Å².